The van der Waals surface area contributed by atoms with E-state index in [2.05, 4.69) is 69.2 Å². The van der Waals surface area contributed by atoms with E-state index in [1.165, 1.54) is 23.3 Å². The average Bonchev–Trinajstić information content (AvgIpc) is 2.29. The summed E-state index contributed by atoms with van der Waals surface area (Å²) in [6, 6.07) is 9.28. The highest BCUT2D eigenvalue weighted by atomic mass is 32.2. The molecule has 0 saturated heterocycles. The molecule has 0 amide bonds. The molecule has 0 aliphatic heterocycles. The van der Waals surface area contributed by atoms with E-state index in [-0.39, 0.29) is 0 Å². The van der Waals surface area contributed by atoms with Crippen molar-refractivity contribution in [1.29, 1.82) is 0 Å². The van der Waals surface area contributed by atoms with Crippen molar-refractivity contribution in [3.05, 3.63) is 35.4 Å². The summed E-state index contributed by atoms with van der Waals surface area (Å²) in [5, 5.41) is 3.41. The fourth-order valence-electron chi connectivity index (χ4n) is 1.75. The fourth-order valence-corrected chi connectivity index (χ4v) is 3.15. The number of hydrogen-bond donors (Lipinski definition) is 1. The highest BCUT2D eigenvalue weighted by Gasteiger charge is 2.09. The van der Waals surface area contributed by atoms with Crippen molar-refractivity contribution in [2.45, 2.75) is 33.2 Å². The second-order valence-corrected chi connectivity index (χ2v) is 6.16. The van der Waals surface area contributed by atoms with Gasteiger partial charge in [-0.15, -0.1) is 0 Å². The Balaban J connectivity index is 2.43. The van der Waals surface area contributed by atoms with Crippen LogP contribution in [0.2, 0.25) is 0 Å². The van der Waals surface area contributed by atoms with Gasteiger partial charge < -0.3 is 5.32 Å². The predicted molar refractivity (Wildman–Crippen MR) is 79.8 cm³/mol. The van der Waals surface area contributed by atoms with Crippen molar-refractivity contribution in [1.82, 2.24) is 5.32 Å². The first-order chi connectivity index (χ1) is 8.13. The molecule has 1 rings (SSSR count). The van der Waals surface area contributed by atoms with Gasteiger partial charge in [0, 0.05) is 11.8 Å². The zero-order valence-corrected chi connectivity index (χ0v) is 12.3. The Kier molecular flexibility index (Phi) is 6.68. The van der Waals surface area contributed by atoms with Crippen LogP contribution in [0.15, 0.2) is 24.3 Å². The van der Waals surface area contributed by atoms with E-state index in [0.29, 0.717) is 6.04 Å². The summed E-state index contributed by atoms with van der Waals surface area (Å²) in [7, 11) is 2.05. The summed E-state index contributed by atoms with van der Waals surface area (Å²) in [5.41, 5.74) is 2.75. The summed E-state index contributed by atoms with van der Waals surface area (Å²) < 4.78 is 0. The van der Waals surface area contributed by atoms with E-state index in [1.807, 2.05) is 0 Å². The highest BCUT2D eigenvalue weighted by molar-refractivity contribution is 7.99. The van der Waals surface area contributed by atoms with Gasteiger partial charge in [0.05, 0.1) is 0 Å². The maximum Gasteiger partial charge on any atom is 0.0409 e. The predicted octanol–water partition coefficient (Wildman–Crippen LogP) is 4.03. The Labute approximate surface area is 110 Å². The summed E-state index contributed by atoms with van der Waals surface area (Å²) in [5.74, 6) is 3.24. The lowest BCUT2D eigenvalue weighted by Crippen LogP contribution is -2.19. The molecule has 1 atom stereocenters. The molecule has 0 aromatic heterocycles. The van der Waals surface area contributed by atoms with Gasteiger partial charge in [-0.1, -0.05) is 43.7 Å². The van der Waals surface area contributed by atoms with E-state index >= 15 is 0 Å². The first-order valence-electron chi connectivity index (χ1n) is 6.45. The van der Waals surface area contributed by atoms with E-state index < -0.39 is 0 Å². The van der Waals surface area contributed by atoms with Crippen molar-refractivity contribution in [2.75, 3.05) is 18.6 Å². The molecule has 0 aliphatic carbocycles. The maximum atomic E-state index is 3.41. The van der Waals surface area contributed by atoms with Crippen LogP contribution in [0.1, 0.15) is 37.4 Å². The second kappa shape index (κ2) is 7.78. The van der Waals surface area contributed by atoms with Gasteiger partial charge in [0.2, 0.25) is 0 Å². The molecule has 1 unspecified atom stereocenters. The van der Waals surface area contributed by atoms with Crippen LogP contribution in [0.3, 0.4) is 0 Å². The molecule has 1 nitrogen and oxygen atoms in total. The van der Waals surface area contributed by atoms with Crippen LogP contribution in [-0.2, 0) is 0 Å². The summed E-state index contributed by atoms with van der Waals surface area (Å²) in [4.78, 5) is 0. The van der Waals surface area contributed by atoms with Crippen molar-refractivity contribution in [3.8, 4) is 0 Å². The summed E-state index contributed by atoms with van der Waals surface area (Å²) in [6.07, 6.45) is 1.31. The molecule has 0 spiro atoms. The van der Waals surface area contributed by atoms with Gasteiger partial charge in [0.15, 0.2) is 0 Å². The van der Waals surface area contributed by atoms with E-state index in [9.17, 15) is 0 Å². The molecule has 96 valence electrons. The molecule has 0 heterocycles. The number of hydrogen-bond acceptors (Lipinski definition) is 2. The quantitative estimate of drug-likeness (QED) is 0.734. The summed E-state index contributed by atoms with van der Waals surface area (Å²) in [6.45, 7) is 6.73. The topological polar surface area (TPSA) is 12.0 Å². The van der Waals surface area contributed by atoms with E-state index in [1.54, 1.807) is 0 Å². The normalized spacial score (nSPS) is 13.0. The molecule has 1 N–H and O–H groups in total. The Morgan fingerprint density at radius 1 is 1.29 bits per heavy atom. The lowest BCUT2D eigenvalue weighted by Gasteiger charge is -2.17. The third kappa shape index (κ3) is 5.60. The zero-order chi connectivity index (χ0) is 12.7. The van der Waals surface area contributed by atoms with Crippen LogP contribution in [0, 0.1) is 12.8 Å². The van der Waals surface area contributed by atoms with Gasteiger partial charge in [-0.25, -0.2) is 0 Å². The van der Waals surface area contributed by atoms with Crippen LogP contribution in [0.5, 0.6) is 0 Å². The Hall–Kier alpha value is -0.470. The van der Waals surface area contributed by atoms with Gasteiger partial charge in [0.25, 0.3) is 0 Å². The molecule has 0 saturated carbocycles. The smallest absolute Gasteiger partial charge is 0.0409 e. The monoisotopic (exact) mass is 251 g/mol. The number of aryl methyl sites for hydroxylation is 1. The van der Waals surface area contributed by atoms with Gasteiger partial charge in [-0.05, 0) is 37.6 Å². The van der Waals surface area contributed by atoms with Crippen molar-refractivity contribution < 1.29 is 0 Å². The van der Waals surface area contributed by atoms with Crippen molar-refractivity contribution >= 4 is 11.8 Å². The summed E-state index contributed by atoms with van der Waals surface area (Å²) >= 11 is 2.05. The molecule has 0 radical (unpaired) electrons. The highest BCUT2D eigenvalue weighted by Crippen LogP contribution is 2.20. The molecule has 0 bridgehead atoms. The van der Waals surface area contributed by atoms with Crippen LogP contribution in [0.25, 0.3) is 0 Å². The number of thioether (sulfide) groups is 1. The largest absolute Gasteiger partial charge is 0.312 e. The van der Waals surface area contributed by atoms with E-state index in [4.69, 9.17) is 0 Å². The first kappa shape index (κ1) is 14.6. The minimum atomic E-state index is 0.479. The number of benzene rings is 1. The maximum absolute atomic E-state index is 3.41. The Morgan fingerprint density at radius 3 is 2.65 bits per heavy atom. The Bertz CT molecular complexity index is 322. The average molecular weight is 251 g/mol. The van der Waals surface area contributed by atoms with Crippen molar-refractivity contribution in [2.24, 2.45) is 5.92 Å². The molecule has 1 aromatic rings. The second-order valence-electron chi connectivity index (χ2n) is 5.01. The molecule has 2 heteroatoms. The molecule has 0 aliphatic rings. The van der Waals surface area contributed by atoms with Gasteiger partial charge in [-0.2, -0.15) is 11.8 Å². The first-order valence-corrected chi connectivity index (χ1v) is 7.60. The molecule has 1 aromatic carbocycles. The van der Waals surface area contributed by atoms with Crippen LogP contribution in [-0.4, -0.2) is 18.6 Å². The minimum Gasteiger partial charge on any atom is -0.312 e. The molecular weight excluding hydrogens is 226 g/mol. The minimum absolute atomic E-state index is 0.479. The number of nitrogens with one attached hydrogen (secondary N) is 1. The van der Waals surface area contributed by atoms with Gasteiger partial charge in [0.1, 0.15) is 0 Å². The van der Waals surface area contributed by atoms with E-state index in [0.717, 1.165) is 11.7 Å². The third-order valence-electron chi connectivity index (χ3n) is 2.92. The lowest BCUT2D eigenvalue weighted by atomic mass is 10.1. The molecule has 17 heavy (non-hydrogen) atoms. The third-order valence-corrected chi connectivity index (χ3v) is 4.01. The lowest BCUT2D eigenvalue weighted by molar-refractivity contribution is 0.628. The van der Waals surface area contributed by atoms with Crippen molar-refractivity contribution in [3.63, 3.8) is 0 Å². The fraction of sp³-hybridized carbons (Fsp3) is 0.600. The zero-order valence-electron chi connectivity index (χ0n) is 11.5. The van der Waals surface area contributed by atoms with Crippen LogP contribution in [0.4, 0.5) is 0 Å². The van der Waals surface area contributed by atoms with Crippen LogP contribution >= 0.6 is 11.8 Å². The van der Waals surface area contributed by atoms with Gasteiger partial charge in [-0.3, -0.25) is 0 Å². The Morgan fingerprint density at radius 2 is 2.06 bits per heavy atom. The van der Waals surface area contributed by atoms with Gasteiger partial charge >= 0.3 is 0 Å². The van der Waals surface area contributed by atoms with Crippen LogP contribution < -0.4 is 5.32 Å². The molecular formula is C15H25NS. The standard InChI is InChI=1S/C15H25NS/c1-12(2)8-9-17-11-15(16-4)14-7-5-6-13(3)10-14/h5-7,10,12,15-16H,8-9,11H2,1-4H3. The number of rotatable bonds is 7. The molecule has 0 fully saturated rings. The SMILES string of the molecule is CNC(CSCCC(C)C)c1cccc(C)c1.